The van der Waals surface area contributed by atoms with Gasteiger partial charge in [-0.2, -0.15) is 0 Å². The first-order chi connectivity index (χ1) is 9.70. The van der Waals surface area contributed by atoms with Crippen molar-refractivity contribution in [1.29, 1.82) is 0 Å². The number of ether oxygens (including phenoxy) is 1. The standard InChI is InChI=1S/C16H20FNO2/c1-10-13-8-12(17)5-6-14(13)20-16(10)15(18-2)11-4-3-7-19-9-11/h5-6,8,11,15,18H,3-4,7,9H2,1-2H3. The van der Waals surface area contributed by atoms with Crippen molar-refractivity contribution in [2.75, 3.05) is 20.3 Å². The summed E-state index contributed by atoms with van der Waals surface area (Å²) >= 11 is 0. The number of rotatable bonds is 3. The predicted octanol–water partition coefficient (Wildman–Crippen LogP) is 3.57. The quantitative estimate of drug-likeness (QED) is 0.931. The zero-order chi connectivity index (χ0) is 14.1. The zero-order valence-corrected chi connectivity index (χ0v) is 11.9. The fourth-order valence-corrected chi connectivity index (χ4v) is 3.12. The van der Waals surface area contributed by atoms with Gasteiger partial charge in [0.2, 0.25) is 0 Å². The number of halogens is 1. The van der Waals surface area contributed by atoms with Crippen LogP contribution in [0.5, 0.6) is 0 Å². The van der Waals surface area contributed by atoms with Gasteiger partial charge < -0.3 is 14.5 Å². The van der Waals surface area contributed by atoms with Crippen LogP contribution in [-0.2, 0) is 4.74 Å². The first kappa shape index (κ1) is 13.6. The van der Waals surface area contributed by atoms with Gasteiger partial charge >= 0.3 is 0 Å². The molecule has 1 saturated heterocycles. The average Bonchev–Trinajstić information content (AvgIpc) is 2.78. The lowest BCUT2D eigenvalue weighted by Gasteiger charge is -2.29. The summed E-state index contributed by atoms with van der Waals surface area (Å²) in [5.41, 5.74) is 1.76. The van der Waals surface area contributed by atoms with Crippen LogP contribution in [0.25, 0.3) is 11.0 Å². The number of benzene rings is 1. The Morgan fingerprint density at radius 3 is 2.95 bits per heavy atom. The van der Waals surface area contributed by atoms with Crippen LogP contribution in [-0.4, -0.2) is 20.3 Å². The van der Waals surface area contributed by atoms with Crippen LogP contribution in [0, 0.1) is 18.7 Å². The van der Waals surface area contributed by atoms with E-state index in [2.05, 4.69) is 5.32 Å². The first-order valence-electron chi connectivity index (χ1n) is 7.14. The van der Waals surface area contributed by atoms with Gasteiger partial charge in [-0.3, -0.25) is 0 Å². The molecule has 108 valence electrons. The molecule has 0 aliphatic carbocycles. The van der Waals surface area contributed by atoms with Crippen molar-refractivity contribution in [3.63, 3.8) is 0 Å². The summed E-state index contributed by atoms with van der Waals surface area (Å²) < 4.78 is 24.9. The summed E-state index contributed by atoms with van der Waals surface area (Å²) in [5, 5.41) is 4.20. The Morgan fingerprint density at radius 2 is 2.25 bits per heavy atom. The summed E-state index contributed by atoms with van der Waals surface area (Å²) in [4.78, 5) is 0. The second kappa shape index (κ2) is 5.54. The third kappa shape index (κ3) is 2.34. The molecule has 1 aromatic carbocycles. The highest BCUT2D eigenvalue weighted by Gasteiger charge is 2.29. The second-order valence-corrected chi connectivity index (χ2v) is 5.48. The molecule has 20 heavy (non-hydrogen) atoms. The van der Waals surface area contributed by atoms with E-state index < -0.39 is 0 Å². The maximum absolute atomic E-state index is 13.4. The van der Waals surface area contributed by atoms with Crippen LogP contribution >= 0.6 is 0 Å². The predicted molar refractivity (Wildman–Crippen MR) is 76.3 cm³/mol. The number of aryl methyl sites for hydroxylation is 1. The zero-order valence-electron chi connectivity index (χ0n) is 11.9. The van der Waals surface area contributed by atoms with Gasteiger partial charge in [-0.15, -0.1) is 0 Å². The van der Waals surface area contributed by atoms with Crippen molar-refractivity contribution in [2.45, 2.75) is 25.8 Å². The first-order valence-corrected chi connectivity index (χ1v) is 7.14. The SMILES string of the molecule is CNC(c1oc2ccc(F)cc2c1C)C1CCCOC1. The molecule has 0 amide bonds. The van der Waals surface area contributed by atoms with E-state index in [1.807, 2.05) is 14.0 Å². The van der Waals surface area contributed by atoms with E-state index in [0.29, 0.717) is 5.92 Å². The summed E-state index contributed by atoms with van der Waals surface area (Å²) in [5.74, 6) is 1.08. The van der Waals surface area contributed by atoms with Gasteiger partial charge in [-0.25, -0.2) is 4.39 Å². The molecular formula is C16H20FNO2. The average molecular weight is 277 g/mol. The Balaban J connectivity index is 2.00. The molecule has 0 bridgehead atoms. The number of hydrogen-bond acceptors (Lipinski definition) is 3. The molecule has 3 rings (SSSR count). The third-order valence-corrected chi connectivity index (χ3v) is 4.20. The highest BCUT2D eigenvalue weighted by molar-refractivity contribution is 5.82. The normalized spacial score (nSPS) is 21.2. The monoisotopic (exact) mass is 277 g/mol. The molecule has 2 heterocycles. The van der Waals surface area contributed by atoms with Crippen molar-refractivity contribution >= 4 is 11.0 Å². The van der Waals surface area contributed by atoms with Gasteiger partial charge in [0.15, 0.2) is 0 Å². The summed E-state index contributed by atoms with van der Waals surface area (Å²) in [7, 11) is 1.94. The molecular weight excluding hydrogens is 257 g/mol. The maximum Gasteiger partial charge on any atom is 0.134 e. The lowest BCUT2D eigenvalue weighted by molar-refractivity contribution is 0.0370. The number of fused-ring (bicyclic) bond motifs is 1. The van der Waals surface area contributed by atoms with E-state index in [4.69, 9.17) is 9.15 Å². The minimum Gasteiger partial charge on any atom is -0.459 e. The largest absolute Gasteiger partial charge is 0.459 e. The van der Waals surface area contributed by atoms with Crippen LogP contribution in [0.15, 0.2) is 22.6 Å². The van der Waals surface area contributed by atoms with Crippen molar-refractivity contribution in [3.8, 4) is 0 Å². The van der Waals surface area contributed by atoms with E-state index in [0.717, 1.165) is 48.3 Å². The molecule has 0 spiro atoms. The van der Waals surface area contributed by atoms with Gasteiger partial charge in [0.05, 0.1) is 12.6 Å². The molecule has 3 nitrogen and oxygen atoms in total. The molecule has 1 aliphatic rings. The summed E-state index contributed by atoms with van der Waals surface area (Å²) in [6, 6.07) is 4.80. The molecule has 1 fully saturated rings. The number of furan rings is 1. The molecule has 4 heteroatoms. The lowest BCUT2D eigenvalue weighted by atomic mass is 9.90. The third-order valence-electron chi connectivity index (χ3n) is 4.20. The van der Waals surface area contributed by atoms with Crippen molar-refractivity contribution < 1.29 is 13.5 Å². The van der Waals surface area contributed by atoms with E-state index >= 15 is 0 Å². The van der Waals surface area contributed by atoms with E-state index in [9.17, 15) is 4.39 Å². The van der Waals surface area contributed by atoms with Crippen LogP contribution in [0.1, 0.15) is 30.2 Å². The maximum atomic E-state index is 13.4. The summed E-state index contributed by atoms with van der Waals surface area (Å²) in [6.45, 7) is 3.59. The highest BCUT2D eigenvalue weighted by Crippen LogP contribution is 2.35. The van der Waals surface area contributed by atoms with E-state index in [1.165, 1.54) is 6.07 Å². The van der Waals surface area contributed by atoms with Crippen molar-refractivity contribution in [1.82, 2.24) is 5.32 Å². The fourth-order valence-electron chi connectivity index (χ4n) is 3.12. The molecule has 0 radical (unpaired) electrons. The second-order valence-electron chi connectivity index (χ2n) is 5.48. The smallest absolute Gasteiger partial charge is 0.134 e. The van der Waals surface area contributed by atoms with Crippen LogP contribution < -0.4 is 5.32 Å². The Bertz CT molecular complexity index is 602. The fraction of sp³-hybridized carbons (Fsp3) is 0.500. The summed E-state index contributed by atoms with van der Waals surface area (Å²) in [6.07, 6.45) is 2.20. The number of nitrogens with one attached hydrogen (secondary N) is 1. The van der Waals surface area contributed by atoms with Gasteiger partial charge in [0.25, 0.3) is 0 Å². The Labute approximate surface area is 118 Å². The Kier molecular flexibility index (Phi) is 3.76. The van der Waals surface area contributed by atoms with Crippen LogP contribution in [0.2, 0.25) is 0 Å². The number of hydrogen-bond donors (Lipinski definition) is 1. The van der Waals surface area contributed by atoms with E-state index in [-0.39, 0.29) is 11.9 Å². The molecule has 1 aromatic heterocycles. The van der Waals surface area contributed by atoms with Crippen LogP contribution in [0.4, 0.5) is 4.39 Å². The highest BCUT2D eigenvalue weighted by atomic mass is 19.1. The van der Waals surface area contributed by atoms with Crippen molar-refractivity contribution in [2.24, 2.45) is 5.92 Å². The Morgan fingerprint density at radius 1 is 1.40 bits per heavy atom. The minimum absolute atomic E-state index is 0.116. The van der Waals surface area contributed by atoms with Crippen LogP contribution in [0.3, 0.4) is 0 Å². The van der Waals surface area contributed by atoms with Gasteiger partial charge in [-0.1, -0.05) is 0 Å². The molecule has 2 unspecified atom stereocenters. The molecule has 1 N–H and O–H groups in total. The van der Waals surface area contributed by atoms with Crippen molar-refractivity contribution in [3.05, 3.63) is 35.3 Å². The van der Waals surface area contributed by atoms with E-state index in [1.54, 1.807) is 12.1 Å². The molecule has 2 aromatic rings. The Hall–Kier alpha value is -1.39. The van der Waals surface area contributed by atoms with Gasteiger partial charge in [0.1, 0.15) is 17.2 Å². The molecule has 0 saturated carbocycles. The van der Waals surface area contributed by atoms with Gasteiger partial charge in [0, 0.05) is 23.5 Å². The van der Waals surface area contributed by atoms with Gasteiger partial charge in [-0.05, 0) is 45.0 Å². The molecule has 2 atom stereocenters. The molecule has 1 aliphatic heterocycles. The minimum atomic E-state index is -0.227. The topological polar surface area (TPSA) is 34.4 Å². The lowest BCUT2D eigenvalue weighted by Crippen LogP contribution is -2.31.